The van der Waals surface area contributed by atoms with Gasteiger partial charge in [-0.25, -0.2) is 4.79 Å². The van der Waals surface area contributed by atoms with Crippen LogP contribution in [0.15, 0.2) is 72.4 Å². The number of ether oxygens (including phenoxy) is 2. The Kier molecular flexibility index (Phi) is 7.07. The molecule has 0 radical (unpaired) electrons. The fraction of sp³-hybridized carbons (Fsp3) is 0.318. The molecule has 1 fully saturated rings. The average molecular weight is 399 g/mol. The highest BCUT2D eigenvalue weighted by molar-refractivity contribution is 7.78. The van der Waals surface area contributed by atoms with E-state index in [9.17, 15) is 9.36 Å². The Morgan fingerprint density at radius 2 is 1.57 bits per heavy atom. The molecule has 1 aliphatic rings. The van der Waals surface area contributed by atoms with E-state index in [2.05, 4.69) is 4.90 Å². The average Bonchev–Trinajstić information content (AvgIpc) is 2.75. The summed E-state index contributed by atoms with van der Waals surface area (Å²) < 4.78 is 24.9. The molecule has 148 valence electrons. The minimum absolute atomic E-state index is 0.264. The van der Waals surface area contributed by atoms with E-state index in [0.717, 1.165) is 16.3 Å². The van der Waals surface area contributed by atoms with Gasteiger partial charge in [0, 0.05) is 41.6 Å². The van der Waals surface area contributed by atoms with Crippen LogP contribution in [0.5, 0.6) is 0 Å². The summed E-state index contributed by atoms with van der Waals surface area (Å²) >= 11 is 0. The lowest BCUT2D eigenvalue weighted by molar-refractivity contribution is -0.137. The zero-order valence-corrected chi connectivity index (χ0v) is 17.0. The molecule has 2 aromatic carbocycles. The molecular formula is C22H26NO4P. The second kappa shape index (κ2) is 9.72. The van der Waals surface area contributed by atoms with Crippen LogP contribution in [0.3, 0.4) is 0 Å². The molecule has 5 nitrogen and oxygen atoms in total. The Morgan fingerprint density at radius 3 is 2.07 bits per heavy atom. The van der Waals surface area contributed by atoms with Gasteiger partial charge >= 0.3 is 5.97 Å². The molecule has 3 rings (SSSR count). The lowest BCUT2D eigenvalue weighted by Gasteiger charge is -2.33. The van der Waals surface area contributed by atoms with Crippen molar-refractivity contribution < 1.29 is 18.8 Å². The van der Waals surface area contributed by atoms with Crippen LogP contribution >= 0.6 is 7.14 Å². The fourth-order valence-corrected chi connectivity index (χ4v) is 6.02. The first kappa shape index (κ1) is 20.4. The smallest absolute Gasteiger partial charge is 0.332 e. The molecular weight excluding hydrogens is 373 g/mol. The van der Waals surface area contributed by atoms with Crippen LogP contribution < -0.4 is 10.6 Å². The summed E-state index contributed by atoms with van der Waals surface area (Å²) in [7, 11) is -2.98. The summed E-state index contributed by atoms with van der Waals surface area (Å²) in [6, 6.07) is 19.0. The molecule has 1 saturated heterocycles. The van der Waals surface area contributed by atoms with Gasteiger partial charge in [-0.1, -0.05) is 60.7 Å². The van der Waals surface area contributed by atoms with Gasteiger partial charge in [0.25, 0.3) is 0 Å². The van der Waals surface area contributed by atoms with Crippen LogP contribution in [0.4, 0.5) is 0 Å². The highest BCUT2D eigenvalue weighted by Gasteiger charge is 2.31. The van der Waals surface area contributed by atoms with Gasteiger partial charge in [0.2, 0.25) is 0 Å². The lowest BCUT2D eigenvalue weighted by Crippen LogP contribution is -2.38. The van der Waals surface area contributed by atoms with Crippen molar-refractivity contribution in [3.8, 4) is 0 Å². The Hall–Kier alpha value is -2.36. The highest BCUT2D eigenvalue weighted by atomic mass is 31.2. The minimum Gasteiger partial charge on any atom is -0.463 e. The molecule has 0 bridgehead atoms. The van der Waals surface area contributed by atoms with Crippen LogP contribution in [0.1, 0.15) is 6.92 Å². The van der Waals surface area contributed by atoms with E-state index in [-0.39, 0.29) is 6.16 Å². The normalized spacial score (nSPS) is 15.3. The molecule has 6 heteroatoms. The van der Waals surface area contributed by atoms with Crippen molar-refractivity contribution in [2.24, 2.45) is 0 Å². The van der Waals surface area contributed by atoms with E-state index < -0.39 is 13.1 Å². The van der Waals surface area contributed by atoms with E-state index in [1.807, 2.05) is 60.7 Å². The predicted octanol–water partition coefficient (Wildman–Crippen LogP) is 2.78. The third-order valence-corrected chi connectivity index (χ3v) is 7.75. The summed E-state index contributed by atoms with van der Waals surface area (Å²) in [6.07, 6.45) is 1.76. The van der Waals surface area contributed by atoms with Crippen LogP contribution in [-0.2, 0) is 18.8 Å². The molecule has 0 spiro atoms. The van der Waals surface area contributed by atoms with E-state index in [1.165, 1.54) is 6.08 Å². The first-order valence-electron chi connectivity index (χ1n) is 9.54. The predicted molar refractivity (Wildman–Crippen MR) is 112 cm³/mol. The fourth-order valence-electron chi connectivity index (χ4n) is 3.30. The van der Waals surface area contributed by atoms with Crippen molar-refractivity contribution in [2.45, 2.75) is 6.92 Å². The van der Waals surface area contributed by atoms with E-state index in [1.54, 1.807) is 6.92 Å². The number of carbonyl (C=O) groups is 1. The van der Waals surface area contributed by atoms with Gasteiger partial charge in [-0.05, 0) is 6.92 Å². The van der Waals surface area contributed by atoms with Crippen molar-refractivity contribution in [2.75, 3.05) is 39.1 Å². The second-order valence-corrected chi connectivity index (χ2v) is 9.38. The third-order valence-electron chi connectivity index (χ3n) is 4.72. The third kappa shape index (κ3) is 4.92. The zero-order chi connectivity index (χ0) is 19.8. The number of nitrogens with zero attached hydrogens (tertiary/aromatic N) is 1. The van der Waals surface area contributed by atoms with E-state index in [0.29, 0.717) is 32.9 Å². The van der Waals surface area contributed by atoms with E-state index >= 15 is 0 Å². The number of hydrogen-bond acceptors (Lipinski definition) is 5. The van der Waals surface area contributed by atoms with Gasteiger partial charge in [-0.2, -0.15) is 0 Å². The summed E-state index contributed by atoms with van der Waals surface area (Å²) in [5.41, 5.74) is 0.734. The summed E-state index contributed by atoms with van der Waals surface area (Å²) in [6.45, 7) is 4.58. The molecule has 0 saturated carbocycles. The minimum atomic E-state index is -2.98. The Labute approximate surface area is 166 Å². The molecule has 1 heterocycles. The van der Waals surface area contributed by atoms with Gasteiger partial charge < -0.3 is 18.9 Å². The summed E-state index contributed by atoms with van der Waals surface area (Å²) in [5.74, 6) is -0.406. The monoisotopic (exact) mass is 399 g/mol. The molecule has 0 N–H and O–H groups in total. The lowest BCUT2D eigenvalue weighted by atomic mass is 10.3. The molecule has 2 aromatic rings. The van der Waals surface area contributed by atoms with Gasteiger partial charge in [-0.3, -0.25) is 0 Å². The first-order valence-corrected chi connectivity index (χ1v) is 11.4. The number of rotatable bonds is 7. The standard InChI is InChI=1S/C22H26NO4P/c1-2-27-22(24)17-19(23-13-15-26-16-14-23)18-28(25,20-9-5-3-6-10-20)21-11-7-4-8-12-21/h3-12,17H,2,13-16,18H2,1H3. The number of morpholine rings is 1. The maximum absolute atomic E-state index is 14.4. The first-order chi connectivity index (χ1) is 13.6. The van der Waals surface area contributed by atoms with Gasteiger partial charge in [0.15, 0.2) is 0 Å². The van der Waals surface area contributed by atoms with Gasteiger partial charge in [0.05, 0.1) is 19.8 Å². The quantitative estimate of drug-likeness (QED) is 0.407. The number of allylic oxidation sites excluding steroid dienone is 1. The summed E-state index contributed by atoms with van der Waals surface area (Å²) in [4.78, 5) is 14.3. The van der Waals surface area contributed by atoms with Crippen LogP contribution in [0, 0.1) is 0 Å². The Morgan fingerprint density at radius 1 is 1.04 bits per heavy atom. The van der Waals surface area contributed by atoms with Crippen molar-refractivity contribution in [3.05, 3.63) is 72.4 Å². The van der Waals surface area contributed by atoms with Crippen molar-refractivity contribution in [1.29, 1.82) is 0 Å². The maximum atomic E-state index is 14.4. The SMILES string of the molecule is CCOC(=O)C=C(CP(=O)(c1ccccc1)c1ccccc1)N1CCOCC1. The molecule has 0 aromatic heterocycles. The highest BCUT2D eigenvalue weighted by Crippen LogP contribution is 2.45. The molecule has 1 aliphatic heterocycles. The molecule has 28 heavy (non-hydrogen) atoms. The second-order valence-electron chi connectivity index (χ2n) is 6.56. The van der Waals surface area contributed by atoms with Crippen molar-refractivity contribution >= 4 is 23.7 Å². The molecule has 0 atom stereocenters. The Bertz CT molecular complexity index is 802. The maximum Gasteiger partial charge on any atom is 0.332 e. The van der Waals surface area contributed by atoms with Crippen LogP contribution in [0.25, 0.3) is 0 Å². The molecule has 0 amide bonds. The molecule has 0 aliphatic carbocycles. The van der Waals surface area contributed by atoms with Crippen molar-refractivity contribution in [3.63, 3.8) is 0 Å². The van der Waals surface area contributed by atoms with Crippen molar-refractivity contribution in [1.82, 2.24) is 4.90 Å². The van der Waals surface area contributed by atoms with Crippen LogP contribution in [0.2, 0.25) is 0 Å². The van der Waals surface area contributed by atoms with Crippen LogP contribution in [-0.4, -0.2) is 49.9 Å². The van der Waals surface area contributed by atoms with Gasteiger partial charge in [-0.15, -0.1) is 0 Å². The number of esters is 1. The Balaban J connectivity index is 2.02. The largest absolute Gasteiger partial charge is 0.463 e. The topological polar surface area (TPSA) is 55.8 Å². The number of carbonyl (C=O) groups excluding carboxylic acids is 1. The van der Waals surface area contributed by atoms with Gasteiger partial charge in [0.1, 0.15) is 7.14 Å². The number of hydrogen-bond donors (Lipinski definition) is 0. The summed E-state index contributed by atoms with van der Waals surface area (Å²) in [5, 5.41) is 1.56. The molecule has 0 unspecified atom stereocenters. The number of benzene rings is 2. The zero-order valence-electron chi connectivity index (χ0n) is 16.1. The van der Waals surface area contributed by atoms with E-state index in [4.69, 9.17) is 9.47 Å².